The van der Waals surface area contributed by atoms with Gasteiger partial charge in [0.05, 0.1) is 11.1 Å². The van der Waals surface area contributed by atoms with Crippen LogP contribution in [-0.4, -0.2) is 36.0 Å². The first-order chi connectivity index (χ1) is 13.1. The summed E-state index contributed by atoms with van der Waals surface area (Å²) in [5.41, 5.74) is 3.57. The molecule has 0 bridgehead atoms. The molecular weight excluding hydrogens is 340 g/mol. The van der Waals surface area contributed by atoms with Gasteiger partial charge in [-0.15, -0.1) is 0 Å². The van der Waals surface area contributed by atoms with Crippen LogP contribution in [0.1, 0.15) is 42.5 Å². The van der Waals surface area contributed by atoms with Crippen molar-refractivity contribution in [1.82, 2.24) is 9.97 Å². The van der Waals surface area contributed by atoms with Crippen molar-refractivity contribution in [2.45, 2.75) is 43.9 Å². The molecular formula is C21H24N4O2. The number of carbonyl (C=O) groups excluding carboxylic acids is 1. The maximum absolute atomic E-state index is 13.1. The van der Waals surface area contributed by atoms with Crippen LogP contribution >= 0.6 is 0 Å². The van der Waals surface area contributed by atoms with Crippen LogP contribution in [0.25, 0.3) is 0 Å². The van der Waals surface area contributed by atoms with Crippen molar-refractivity contribution in [1.29, 1.82) is 0 Å². The van der Waals surface area contributed by atoms with Crippen molar-refractivity contribution in [3.05, 3.63) is 51.4 Å². The number of nitrogens with one attached hydrogen (secondary N) is 1. The Labute approximate surface area is 158 Å². The third-order valence-corrected chi connectivity index (χ3v) is 6.59. The molecule has 5 rings (SSSR count). The Morgan fingerprint density at radius 1 is 1.07 bits per heavy atom. The molecule has 2 aliphatic heterocycles. The number of hydrogen-bond acceptors (Lipinski definition) is 4. The van der Waals surface area contributed by atoms with Crippen LogP contribution in [0.4, 0.5) is 11.6 Å². The molecule has 1 aromatic carbocycles. The van der Waals surface area contributed by atoms with Gasteiger partial charge in [0.25, 0.3) is 5.56 Å². The molecule has 1 amide bonds. The van der Waals surface area contributed by atoms with E-state index in [0.717, 1.165) is 74.1 Å². The average Bonchev–Trinajstić information content (AvgIpc) is 2.91. The van der Waals surface area contributed by atoms with Crippen LogP contribution in [0.3, 0.4) is 0 Å². The van der Waals surface area contributed by atoms with Gasteiger partial charge < -0.3 is 9.80 Å². The monoisotopic (exact) mass is 364 g/mol. The lowest BCUT2D eigenvalue weighted by Gasteiger charge is -2.38. The summed E-state index contributed by atoms with van der Waals surface area (Å²) in [6.07, 6.45) is 5.38. The SMILES string of the molecule is CN1C(=O)C2(CCN(c3nc4c(c(=O)[nH]3)CCCC4)CC2)c2ccccc21. The molecule has 1 spiro atoms. The number of rotatable bonds is 1. The first-order valence-corrected chi connectivity index (χ1v) is 9.85. The standard InChI is InChI=1S/C21H24N4O2/c1-24-17-9-5-3-7-15(17)21(19(24)27)10-12-25(13-11-21)20-22-16-8-4-2-6-14(16)18(26)23-20/h3,5,7,9H,2,4,6,8,10-13H2,1H3,(H,22,23,26). The van der Waals surface area contributed by atoms with Gasteiger partial charge >= 0.3 is 0 Å². The quantitative estimate of drug-likeness (QED) is 0.842. The Kier molecular flexibility index (Phi) is 3.64. The van der Waals surface area contributed by atoms with Gasteiger partial charge in [-0.05, 0) is 50.2 Å². The van der Waals surface area contributed by atoms with Crippen molar-refractivity contribution < 1.29 is 4.79 Å². The van der Waals surface area contributed by atoms with Crippen LogP contribution in [0, 0.1) is 0 Å². The zero-order valence-corrected chi connectivity index (χ0v) is 15.6. The Hall–Kier alpha value is -2.63. The Morgan fingerprint density at radius 3 is 2.63 bits per heavy atom. The topological polar surface area (TPSA) is 69.3 Å². The second-order valence-electron chi connectivity index (χ2n) is 7.97. The molecule has 3 heterocycles. The molecule has 1 fully saturated rings. The van der Waals surface area contributed by atoms with E-state index in [1.807, 2.05) is 25.2 Å². The molecule has 1 saturated heterocycles. The van der Waals surface area contributed by atoms with Crippen LogP contribution in [0.15, 0.2) is 29.1 Å². The van der Waals surface area contributed by atoms with Crippen LogP contribution in [0.2, 0.25) is 0 Å². The van der Waals surface area contributed by atoms with Crippen molar-refractivity contribution in [2.75, 3.05) is 29.9 Å². The number of nitrogens with zero attached hydrogens (tertiary/aromatic N) is 3. The number of aromatic amines is 1. The third-order valence-electron chi connectivity index (χ3n) is 6.59. The van der Waals surface area contributed by atoms with E-state index in [2.05, 4.69) is 16.0 Å². The summed E-state index contributed by atoms with van der Waals surface area (Å²) in [5.74, 6) is 0.859. The molecule has 1 N–H and O–H groups in total. The number of amides is 1. The number of carbonyl (C=O) groups is 1. The molecule has 27 heavy (non-hydrogen) atoms. The highest BCUT2D eigenvalue weighted by Crippen LogP contribution is 2.47. The summed E-state index contributed by atoms with van der Waals surface area (Å²) in [6.45, 7) is 1.44. The van der Waals surface area contributed by atoms with Gasteiger partial charge in [-0.25, -0.2) is 4.98 Å². The molecule has 0 atom stereocenters. The number of piperidine rings is 1. The van der Waals surface area contributed by atoms with Gasteiger partial charge in [-0.3, -0.25) is 14.6 Å². The second-order valence-corrected chi connectivity index (χ2v) is 7.97. The van der Waals surface area contributed by atoms with Crippen molar-refractivity contribution in [2.24, 2.45) is 0 Å². The predicted molar refractivity (Wildman–Crippen MR) is 104 cm³/mol. The summed E-state index contributed by atoms with van der Waals surface area (Å²) < 4.78 is 0. The largest absolute Gasteiger partial charge is 0.342 e. The summed E-state index contributed by atoms with van der Waals surface area (Å²) >= 11 is 0. The minimum absolute atomic E-state index is 0.0111. The van der Waals surface area contributed by atoms with Gasteiger partial charge in [0.1, 0.15) is 0 Å². The van der Waals surface area contributed by atoms with E-state index < -0.39 is 5.41 Å². The summed E-state index contributed by atoms with van der Waals surface area (Å²) in [5, 5.41) is 0. The van der Waals surface area contributed by atoms with Gasteiger partial charge in [-0.2, -0.15) is 0 Å². The minimum Gasteiger partial charge on any atom is -0.342 e. The van der Waals surface area contributed by atoms with E-state index in [1.54, 1.807) is 4.90 Å². The lowest BCUT2D eigenvalue weighted by molar-refractivity contribution is -0.123. The van der Waals surface area contributed by atoms with E-state index >= 15 is 0 Å². The molecule has 6 heteroatoms. The Balaban J connectivity index is 1.44. The van der Waals surface area contributed by atoms with Gasteiger partial charge in [0, 0.05) is 31.4 Å². The number of aromatic nitrogens is 2. The Bertz CT molecular complexity index is 972. The number of fused-ring (bicyclic) bond motifs is 3. The lowest BCUT2D eigenvalue weighted by atomic mass is 9.73. The van der Waals surface area contributed by atoms with Crippen molar-refractivity contribution >= 4 is 17.5 Å². The lowest BCUT2D eigenvalue weighted by Crippen LogP contribution is -2.49. The number of benzene rings is 1. The van der Waals surface area contributed by atoms with E-state index in [9.17, 15) is 9.59 Å². The number of hydrogen-bond donors (Lipinski definition) is 1. The fraction of sp³-hybridized carbons (Fsp3) is 0.476. The minimum atomic E-state index is -0.434. The molecule has 3 aliphatic rings. The number of para-hydroxylation sites is 1. The normalized spacial score (nSPS) is 20.7. The van der Waals surface area contributed by atoms with Gasteiger partial charge in [0.2, 0.25) is 11.9 Å². The van der Waals surface area contributed by atoms with Gasteiger partial charge in [-0.1, -0.05) is 18.2 Å². The number of aryl methyl sites for hydroxylation is 1. The number of H-pyrrole nitrogens is 1. The van der Waals surface area contributed by atoms with Crippen LogP contribution in [-0.2, 0) is 23.1 Å². The molecule has 1 aliphatic carbocycles. The molecule has 6 nitrogen and oxygen atoms in total. The fourth-order valence-electron chi connectivity index (χ4n) is 5.04. The number of likely N-dealkylation sites (N-methyl/N-ethyl adjacent to an activating group) is 1. The van der Waals surface area contributed by atoms with Crippen LogP contribution < -0.4 is 15.4 Å². The van der Waals surface area contributed by atoms with E-state index in [1.165, 1.54) is 0 Å². The highest BCUT2D eigenvalue weighted by Gasteiger charge is 2.51. The molecule has 140 valence electrons. The maximum atomic E-state index is 13.1. The molecule has 2 aromatic rings. The Morgan fingerprint density at radius 2 is 1.81 bits per heavy atom. The van der Waals surface area contributed by atoms with Gasteiger partial charge in [0.15, 0.2) is 0 Å². The van der Waals surface area contributed by atoms with Crippen molar-refractivity contribution in [3.8, 4) is 0 Å². The molecule has 0 radical (unpaired) electrons. The van der Waals surface area contributed by atoms with Crippen LogP contribution in [0.5, 0.6) is 0 Å². The zero-order valence-electron chi connectivity index (χ0n) is 15.6. The van der Waals surface area contributed by atoms with Crippen molar-refractivity contribution in [3.63, 3.8) is 0 Å². The maximum Gasteiger partial charge on any atom is 0.255 e. The average molecular weight is 364 g/mol. The predicted octanol–water partition coefficient (Wildman–Crippen LogP) is 2.16. The van der Waals surface area contributed by atoms with E-state index in [0.29, 0.717) is 5.95 Å². The first-order valence-electron chi connectivity index (χ1n) is 9.85. The molecule has 0 unspecified atom stereocenters. The highest BCUT2D eigenvalue weighted by atomic mass is 16.2. The zero-order chi connectivity index (χ0) is 18.6. The summed E-state index contributed by atoms with van der Waals surface area (Å²) in [7, 11) is 1.87. The number of anilines is 2. The first kappa shape index (κ1) is 16.5. The fourth-order valence-corrected chi connectivity index (χ4v) is 5.04. The smallest absolute Gasteiger partial charge is 0.255 e. The van der Waals surface area contributed by atoms with E-state index in [4.69, 9.17) is 4.98 Å². The van der Waals surface area contributed by atoms with E-state index in [-0.39, 0.29) is 11.5 Å². The summed E-state index contributed by atoms with van der Waals surface area (Å²) in [4.78, 5) is 37.2. The third kappa shape index (κ3) is 2.35. The molecule has 1 aromatic heterocycles. The second kappa shape index (κ2) is 5.94. The molecule has 0 saturated carbocycles. The highest BCUT2D eigenvalue weighted by molar-refractivity contribution is 6.07. The summed E-state index contributed by atoms with van der Waals surface area (Å²) in [6, 6.07) is 8.11.